The van der Waals surface area contributed by atoms with Crippen LogP contribution in [0, 0.1) is 5.92 Å². The van der Waals surface area contributed by atoms with Gasteiger partial charge in [-0.15, -0.1) is 0 Å². The lowest BCUT2D eigenvalue weighted by molar-refractivity contribution is 0.281. The third kappa shape index (κ3) is 4.96. The molecule has 0 aromatic carbocycles. The van der Waals surface area contributed by atoms with E-state index >= 15 is 0 Å². The molecule has 2 atom stereocenters. The van der Waals surface area contributed by atoms with Crippen LogP contribution in [0.25, 0.3) is 0 Å². The fraction of sp³-hybridized carbons (Fsp3) is 1.00. The molecule has 0 aromatic rings. The quantitative estimate of drug-likeness (QED) is 0.763. The van der Waals surface area contributed by atoms with E-state index in [9.17, 15) is 4.21 Å². The monoisotopic (exact) mass is 247 g/mol. The Morgan fingerprint density at radius 1 is 1.19 bits per heavy atom. The van der Waals surface area contributed by atoms with Gasteiger partial charge in [0.25, 0.3) is 0 Å². The molecule has 0 spiro atoms. The molecule has 98 valence electrons. The summed E-state index contributed by atoms with van der Waals surface area (Å²) < 4.78 is 15.3. The van der Waals surface area contributed by atoms with Gasteiger partial charge in [0.1, 0.15) is 0 Å². The van der Waals surface area contributed by atoms with Crippen LogP contribution in [0.5, 0.6) is 0 Å². The van der Waals surface area contributed by atoms with Crippen molar-refractivity contribution in [1.82, 2.24) is 4.72 Å². The fourth-order valence-corrected chi connectivity index (χ4v) is 2.43. The van der Waals surface area contributed by atoms with Crippen molar-refractivity contribution in [3.63, 3.8) is 0 Å². The van der Waals surface area contributed by atoms with E-state index in [2.05, 4.69) is 32.4 Å². The molecule has 0 fully saturated rings. The molecule has 3 heteroatoms. The van der Waals surface area contributed by atoms with Gasteiger partial charge in [-0.1, -0.05) is 33.6 Å². The molecule has 0 heterocycles. The smallest absolute Gasteiger partial charge is 0.0975 e. The highest BCUT2D eigenvalue weighted by Crippen LogP contribution is 2.25. The molecule has 0 aliphatic rings. The summed E-state index contributed by atoms with van der Waals surface area (Å²) in [5, 5.41) is 0. The molecule has 2 unspecified atom stereocenters. The molecule has 1 N–H and O–H groups in total. The first kappa shape index (κ1) is 16.1. The van der Waals surface area contributed by atoms with E-state index in [4.69, 9.17) is 0 Å². The Hall–Kier alpha value is 0.110. The average Bonchev–Trinajstić information content (AvgIpc) is 2.13. The van der Waals surface area contributed by atoms with Crippen LogP contribution >= 0.6 is 0 Å². The first-order valence-corrected chi connectivity index (χ1v) is 7.48. The second-order valence-electron chi connectivity index (χ2n) is 6.16. The van der Waals surface area contributed by atoms with Gasteiger partial charge in [-0.3, -0.25) is 0 Å². The SMILES string of the molecule is CCCCC(C)(NS(=O)C(C)(C)C)C(C)C. The molecule has 0 aliphatic carbocycles. The lowest BCUT2D eigenvalue weighted by atomic mass is 9.85. The average molecular weight is 247 g/mol. The summed E-state index contributed by atoms with van der Waals surface area (Å²) in [7, 11) is -0.981. The second kappa shape index (κ2) is 6.15. The van der Waals surface area contributed by atoms with Gasteiger partial charge in [0.15, 0.2) is 0 Å². The lowest BCUT2D eigenvalue weighted by Gasteiger charge is -2.36. The van der Waals surface area contributed by atoms with Crippen molar-refractivity contribution < 1.29 is 4.21 Å². The molecule has 0 aliphatic heterocycles. The molecule has 0 radical (unpaired) electrons. The Morgan fingerprint density at radius 3 is 2.00 bits per heavy atom. The molecule has 2 nitrogen and oxygen atoms in total. The minimum Gasteiger partial charge on any atom is -0.242 e. The van der Waals surface area contributed by atoms with Crippen LogP contribution < -0.4 is 4.72 Å². The van der Waals surface area contributed by atoms with E-state index in [1.54, 1.807) is 0 Å². The number of rotatable bonds is 6. The van der Waals surface area contributed by atoms with Crippen molar-refractivity contribution in [2.24, 2.45) is 5.92 Å². The van der Waals surface area contributed by atoms with Crippen LogP contribution in [0.4, 0.5) is 0 Å². The van der Waals surface area contributed by atoms with Crippen molar-refractivity contribution >= 4 is 11.0 Å². The largest absolute Gasteiger partial charge is 0.242 e. The van der Waals surface area contributed by atoms with Crippen LogP contribution in [0.2, 0.25) is 0 Å². The van der Waals surface area contributed by atoms with Gasteiger partial charge < -0.3 is 0 Å². The highest BCUT2D eigenvalue weighted by Gasteiger charge is 2.32. The minimum atomic E-state index is -0.981. The first-order valence-electron chi connectivity index (χ1n) is 6.33. The van der Waals surface area contributed by atoms with Gasteiger partial charge in [-0.25, -0.2) is 8.93 Å². The minimum absolute atomic E-state index is 0.0197. The summed E-state index contributed by atoms with van der Waals surface area (Å²) in [5.74, 6) is 0.491. The van der Waals surface area contributed by atoms with E-state index in [1.807, 2.05) is 20.8 Å². The zero-order valence-electron chi connectivity index (χ0n) is 12.0. The first-order chi connectivity index (χ1) is 7.13. The maximum Gasteiger partial charge on any atom is 0.0975 e. The Morgan fingerprint density at radius 2 is 1.69 bits per heavy atom. The summed E-state index contributed by atoms with van der Waals surface area (Å²) in [6.45, 7) is 14.8. The maximum atomic E-state index is 12.1. The highest BCUT2D eigenvalue weighted by atomic mass is 32.2. The van der Waals surface area contributed by atoms with Crippen molar-refractivity contribution in [3.05, 3.63) is 0 Å². The van der Waals surface area contributed by atoms with Crippen LogP contribution in [0.1, 0.15) is 67.7 Å². The van der Waals surface area contributed by atoms with E-state index < -0.39 is 11.0 Å². The van der Waals surface area contributed by atoms with Gasteiger partial charge >= 0.3 is 0 Å². The Kier molecular flexibility index (Phi) is 6.20. The third-order valence-electron chi connectivity index (χ3n) is 3.21. The third-order valence-corrected chi connectivity index (χ3v) is 4.97. The predicted molar refractivity (Wildman–Crippen MR) is 73.8 cm³/mol. The molecule has 0 saturated carbocycles. The van der Waals surface area contributed by atoms with Crippen molar-refractivity contribution in [2.75, 3.05) is 0 Å². The predicted octanol–water partition coefficient (Wildman–Crippen LogP) is 3.64. The summed E-state index contributed by atoms with van der Waals surface area (Å²) in [5.41, 5.74) is -0.0197. The molecule has 0 amide bonds. The topological polar surface area (TPSA) is 29.1 Å². The second-order valence-corrected chi connectivity index (χ2v) is 8.13. The zero-order chi connectivity index (χ0) is 13.0. The zero-order valence-corrected chi connectivity index (χ0v) is 12.8. The van der Waals surface area contributed by atoms with Crippen LogP contribution in [0.3, 0.4) is 0 Å². The van der Waals surface area contributed by atoms with Gasteiger partial charge in [-0.05, 0) is 40.0 Å². The van der Waals surface area contributed by atoms with Crippen LogP contribution in [-0.2, 0) is 11.0 Å². The Bertz CT molecular complexity index is 233. The normalized spacial score (nSPS) is 18.5. The number of hydrogen-bond acceptors (Lipinski definition) is 1. The number of unbranched alkanes of at least 4 members (excludes halogenated alkanes) is 1. The summed E-state index contributed by atoms with van der Waals surface area (Å²) in [6, 6.07) is 0. The van der Waals surface area contributed by atoms with Gasteiger partial charge in [-0.2, -0.15) is 0 Å². The van der Waals surface area contributed by atoms with Crippen molar-refractivity contribution in [3.8, 4) is 0 Å². The molecular formula is C13H29NOS. The van der Waals surface area contributed by atoms with E-state index in [0.29, 0.717) is 5.92 Å². The van der Waals surface area contributed by atoms with Crippen molar-refractivity contribution in [1.29, 1.82) is 0 Å². The Balaban J connectivity index is 4.62. The molecular weight excluding hydrogens is 218 g/mol. The van der Waals surface area contributed by atoms with E-state index in [0.717, 1.165) is 6.42 Å². The summed E-state index contributed by atoms with van der Waals surface area (Å²) in [4.78, 5) is 0. The Labute approximate surface area is 104 Å². The molecule has 16 heavy (non-hydrogen) atoms. The molecule has 0 rings (SSSR count). The van der Waals surface area contributed by atoms with Gasteiger partial charge in [0.05, 0.1) is 15.7 Å². The number of nitrogens with one attached hydrogen (secondary N) is 1. The van der Waals surface area contributed by atoms with Crippen LogP contribution in [-0.4, -0.2) is 14.5 Å². The van der Waals surface area contributed by atoms with Crippen molar-refractivity contribution in [2.45, 2.75) is 78.0 Å². The lowest BCUT2D eigenvalue weighted by Crippen LogP contribution is -2.51. The fourth-order valence-electron chi connectivity index (χ4n) is 1.37. The van der Waals surface area contributed by atoms with E-state index in [1.165, 1.54) is 12.8 Å². The molecule has 0 saturated heterocycles. The van der Waals surface area contributed by atoms with Gasteiger partial charge in [0, 0.05) is 5.54 Å². The van der Waals surface area contributed by atoms with E-state index in [-0.39, 0.29) is 10.3 Å². The summed E-state index contributed by atoms with van der Waals surface area (Å²) in [6.07, 6.45) is 3.46. The standard InChI is InChI=1S/C13H29NOS/c1-8-9-10-13(7,11(2)3)14-16(15)12(4,5)6/h11,14H,8-10H2,1-7H3. The molecule has 0 bridgehead atoms. The maximum absolute atomic E-state index is 12.1. The summed E-state index contributed by atoms with van der Waals surface area (Å²) >= 11 is 0. The highest BCUT2D eigenvalue weighted by molar-refractivity contribution is 7.84. The van der Waals surface area contributed by atoms with Crippen LogP contribution in [0.15, 0.2) is 0 Å². The number of hydrogen-bond donors (Lipinski definition) is 1. The molecule has 0 aromatic heterocycles. The van der Waals surface area contributed by atoms with Gasteiger partial charge in [0.2, 0.25) is 0 Å².